The van der Waals surface area contributed by atoms with E-state index in [1.165, 1.54) is 0 Å². The second-order valence-electron chi connectivity index (χ2n) is 3.84. The van der Waals surface area contributed by atoms with Gasteiger partial charge in [-0.15, -0.1) is 0 Å². The van der Waals surface area contributed by atoms with Crippen molar-refractivity contribution < 1.29 is 9.47 Å². The molecule has 0 aliphatic carbocycles. The lowest BCUT2D eigenvalue weighted by atomic mass is 10.3. The summed E-state index contributed by atoms with van der Waals surface area (Å²) in [5.74, 6) is 0. The van der Waals surface area contributed by atoms with Gasteiger partial charge >= 0.3 is 0 Å². The van der Waals surface area contributed by atoms with Gasteiger partial charge in [0.05, 0.1) is 18.9 Å². The van der Waals surface area contributed by atoms with Crippen molar-refractivity contribution in [1.29, 1.82) is 0 Å². The highest BCUT2D eigenvalue weighted by Gasteiger charge is 2.06. The van der Waals surface area contributed by atoms with Crippen molar-refractivity contribution in [3.8, 4) is 0 Å². The molecule has 0 aliphatic heterocycles. The van der Waals surface area contributed by atoms with E-state index in [9.17, 15) is 0 Å². The van der Waals surface area contributed by atoms with Gasteiger partial charge in [-0.05, 0) is 12.1 Å². The standard InChI is InChI=1S/C12H21N3O2/c1-16-7-5-15(6-8-17-2)10-12-9-11(13)3-4-14-12/h3-4,9H,5-8,10H2,1-2H3,(H2,13,14). The van der Waals surface area contributed by atoms with Gasteiger partial charge in [0.2, 0.25) is 0 Å². The number of nitrogens with zero attached hydrogens (tertiary/aromatic N) is 2. The predicted octanol–water partition coefficient (Wildman–Crippen LogP) is 0.759. The molecule has 5 nitrogen and oxygen atoms in total. The third-order valence-electron chi connectivity index (χ3n) is 2.45. The fourth-order valence-electron chi connectivity index (χ4n) is 1.52. The van der Waals surface area contributed by atoms with Crippen LogP contribution in [0.1, 0.15) is 5.69 Å². The van der Waals surface area contributed by atoms with Gasteiger partial charge in [0, 0.05) is 45.7 Å². The van der Waals surface area contributed by atoms with E-state index >= 15 is 0 Å². The second-order valence-corrected chi connectivity index (χ2v) is 3.84. The van der Waals surface area contributed by atoms with Gasteiger partial charge in [0.1, 0.15) is 0 Å². The quantitative estimate of drug-likeness (QED) is 0.725. The van der Waals surface area contributed by atoms with E-state index < -0.39 is 0 Å². The summed E-state index contributed by atoms with van der Waals surface area (Å²) < 4.78 is 10.2. The zero-order valence-electron chi connectivity index (χ0n) is 10.6. The second kappa shape index (κ2) is 8.00. The van der Waals surface area contributed by atoms with Crippen LogP contribution in [-0.2, 0) is 16.0 Å². The lowest BCUT2D eigenvalue weighted by molar-refractivity contribution is 0.109. The first kappa shape index (κ1) is 13.9. The molecule has 0 bridgehead atoms. The largest absolute Gasteiger partial charge is 0.399 e. The summed E-state index contributed by atoms with van der Waals surface area (Å²) in [6, 6.07) is 3.69. The molecule has 96 valence electrons. The van der Waals surface area contributed by atoms with Crippen molar-refractivity contribution in [2.45, 2.75) is 6.54 Å². The van der Waals surface area contributed by atoms with Gasteiger partial charge in [-0.3, -0.25) is 9.88 Å². The molecule has 0 aliphatic rings. The molecule has 1 rings (SSSR count). The van der Waals surface area contributed by atoms with Crippen LogP contribution in [0.15, 0.2) is 18.3 Å². The lowest BCUT2D eigenvalue weighted by Crippen LogP contribution is -2.30. The zero-order chi connectivity index (χ0) is 12.5. The number of nitrogen functional groups attached to an aromatic ring is 1. The van der Waals surface area contributed by atoms with Gasteiger partial charge in [-0.1, -0.05) is 0 Å². The maximum absolute atomic E-state index is 5.73. The average Bonchev–Trinajstić information content (AvgIpc) is 2.32. The van der Waals surface area contributed by atoms with Gasteiger partial charge < -0.3 is 15.2 Å². The zero-order valence-corrected chi connectivity index (χ0v) is 10.6. The first-order chi connectivity index (χ1) is 8.26. The Bertz CT molecular complexity index is 312. The van der Waals surface area contributed by atoms with Crippen molar-refractivity contribution in [2.24, 2.45) is 0 Å². The van der Waals surface area contributed by atoms with E-state index in [0.717, 1.165) is 31.0 Å². The molecule has 0 unspecified atom stereocenters. The molecule has 5 heteroatoms. The molecule has 0 amide bonds. The fourth-order valence-corrected chi connectivity index (χ4v) is 1.52. The van der Waals surface area contributed by atoms with Gasteiger partial charge in [0.15, 0.2) is 0 Å². The third-order valence-corrected chi connectivity index (χ3v) is 2.45. The van der Waals surface area contributed by atoms with Crippen LogP contribution in [0.5, 0.6) is 0 Å². The van der Waals surface area contributed by atoms with Crippen LogP contribution in [0.2, 0.25) is 0 Å². The topological polar surface area (TPSA) is 60.6 Å². The molecule has 0 spiro atoms. The van der Waals surface area contributed by atoms with Crippen molar-refractivity contribution in [2.75, 3.05) is 46.3 Å². The van der Waals surface area contributed by atoms with Crippen LogP contribution >= 0.6 is 0 Å². The molecule has 1 aromatic rings. The van der Waals surface area contributed by atoms with E-state index in [4.69, 9.17) is 15.2 Å². The molecule has 0 fully saturated rings. The molecule has 0 saturated carbocycles. The first-order valence-corrected chi connectivity index (χ1v) is 5.67. The fraction of sp³-hybridized carbons (Fsp3) is 0.583. The number of hydrogen-bond donors (Lipinski definition) is 1. The Labute approximate surface area is 103 Å². The molecule has 2 N–H and O–H groups in total. The number of rotatable bonds is 8. The number of pyridine rings is 1. The van der Waals surface area contributed by atoms with E-state index in [1.807, 2.05) is 6.07 Å². The van der Waals surface area contributed by atoms with Crippen LogP contribution in [-0.4, -0.2) is 50.4 Å². The number of methoxy groups -OCH3 is 2. The van der Waals surface area contributed by atoms with E-state index in [-0.39, 0.29) is 0 Å². The van der Waals surface area contributed by atoms with Crippen LogP contribution in [0.4, 0.5) is 5.69 Å². The highest BCUT2D eigenvalue weighted by Crippen LogP contribution is 2.06. The monoisotopic (exact) mass is 239 g/mol. The van der Waals surface area contributed by atoms with Crippen LogP contribution in [0.3, 0.4) is 0 Å². The summed E-state index contributed by atoms with van der Waals surface area (Å²) in [4.78, 5) is 6.52. The van der Waals surface area contributed by atoms with Crippen molar-refractivity contribution in [3.05, 3.63) is 24.0 Å². The van der Waals surface area contributed by atoms with E-state index in [2.05, 4.69) is 9.88 Å². The minimum atomic E-state index is 0.700. The summed E-state index contributed by atoms with van der Waals surface area (Å²) >= 11 is 0. The van der Waals surface area contributed by atoms with Gasteiger partial charge in [-0.25, -0.2) is 0 Å². The van der Waals surface area contributed by atoms with Crippen molar-refractivity contribution >= 4 is 5.69 Å². The summed E-state index contributed by atoms with van der Waals surface area (Å²) in [6.45, 7) is 3.88. The van der Waals surface area contributed by atoms with Gasteiger partial charge in [0.25, 0.3) is 0 Å². The molecule has 0 aromatic carbocycles. The Balaban J connectivity index is 2.51. The Hall–Kier alpha value is -1.17. The average molecular weight is 239 g/mol. The molecule has 0 atom stereocenters. The SMILES string of the molecule is COCCN(CCOC)Cc1cc(N)ccn1. The van der Waals surface area contributed by atoms with Gasteiger partial charge in [-0.2, -0.15) is 0 Å². The Morgan fingerprint density at radius 1 is 1.24 bits per heavy atom. The number of anilines is 1. The summed E-state index contributed by atoms with van der Waals surface area (Å²) in [5, 5.41) is 0. The summed E-state index contributed by atoms with van der Waals surface area (Å²) in [5.41, 5.74) is 7.44. The Kier molecular flexibility index (Phi) is 6.54. The number of aromatic nitrogens is 1. The maximum Gasteiger partial charge on any atom is 0.0589 e. The van der Waals surface area contributed by atoms with Crippen LogP contribution in [0, 0.1) is 0 Å². The normalized spacial score (nSPS) is 11.0. The lowest BCUT2D eigenvalue weighted by Gasteiger charge is -2.21. The number of nitrogens with two attached hydrogens (primary N) is 1. The predicted molar refractivity (Wildman–Crippen MR) is 67.7 cm³/mol. The van der Waals surface area contributed by atoms with Crippen LogP contribution < -0.4 is 5.73 Å². The Morgan fingerprint density at radius 2 is 1.88 bits per heavy atom. The minimum absolute atomic E-state index is 0.700. The van der Waals surface area contributed by atoms with Crippen molar-refractivity contribution in [3.63, 3.8) is 0 Å². The number of ether oxygens (including phenoxy) is 2. The first-order valence-electron chi connectivity index (χ1n) is 5.67. The molecule has 0 saturated heterocycles. The number of hydrogen-bond acceptors (Lipinski definition) is 5. The highest BCUT2D eigenvalue weighted by atomic mass is 16.5. The highest BCUT2D eigenvalue weighted by molar-refractivity contribution is 5.37. The van der Waals surface area contributed by atoms with Crippen molar-refractivity contribution in [1.82, 2.24) is 9.88 Å². The maximum atomic E-state index is 5.73. The molecule has 1 aromatic heterocycles. The molecule has 0 radical (unpaired) electrons. The summed E-state index contributed by atoms with van der Waals surface area (Å²) in [6.07, 6.45) is 1.73. The summed E-state index contributed by atoms with van der Waals surface area (Å²) in [7, 11) is 3.40. The third kappa shape index (κ3) is 5.63. The molecular weight excluding hydrogens is 218 g/mol. The molecule has 1 heterocycles. The van der Waals surface area contributed by atoms with E-state index in [0.29, 0.717) is 13.2 Å². The Morgan fingerprint density at radius 3 is 2.41 bits per heavy atom. The molecular formula is C12H21N3O2. The van der Waals surface area contributed by atoms with E-state index in [1.54, 1.807) is 26.5 Å². The van der Waals surface area contributed by atoms with Crippen LogP contribution in [0.25, 0.3) is 0 Å². The smallest absolute Gasteiger partial charge is 0.0589 e. The molecule has 17 heavy (non-hydrogen) atoms. The minimum Gasteiger partial charge on any atom is -0.399 e.